The van der Waals surface area contributed by atoms with Gasteiger partial charge in [0.25, 0.3) is 0 Å². The molecular formula is C7H9N2O. The van der Waals surface area contributed by atoms with Crippen LogP contribution < -0.4 is 0 Å². The van der Waals surface area contributed by atoms with Crippen LogP contribution in [0, 0.1) is 23.7 Å². The van der Waals surface area contributed by atoms with Gasteiger partial charge < -0.3 is 4.90 Å². The van der Waals surface area contributed by atoms with Crippen LogP contribution in [-0.4, -0.2) is 23.9 Å². The predicted molar refractivity (Wildman–Crippen MR) is 35.7 cm³/mol. The second-order valence-corrected chi connectivity index (χ2v) is 2.36. The Morgan fingerprint density at radius 2 is 2.40 bits per heavy atom. The second-order valence-electron chi connectivity index (χ2n) is 2.36. The number of carbonyl (C=O) groups excluding carboxylic acids is 1. The van der Waals surface area contributed by atoms with Gasteiger partial charge in [-0.05, 0) is 0 Å². The summed E-state index contributed by atoms with van der Waals surface area (Å²) in [7, 11) is 0. The standard InChI is InChI=1S/C7H9N2O/c1-2-7(10)9-4-6(3-8)5-9/h2,6H,4-5H2,1H3. The Morgan fingerprint density at radius 1 is 1.80 bits per heavy atom. The molecule has 10 heavy (non-hydrogen) atoms. The van der Waals surface area contributed by atoms with Crippen molar-refractivity contribution in [1.29, 1.82) is 5.26 Å². The highest BCUT2D eigenvalue weighted by Gasteiger charge is 2.29. The lowest BCUT2D eigenvalue weighted by Gasteiger charge is -2.34. The molecule has 0 aromatic carbocycles. The Labute approximate surface area is 60.2 Å². The first-order chi connectivity index (χ1) is 4.77. The zero-order valence-corrected chi connectivity index (χ0v) is 5.87. The molecule has 53 valence electrons. The van der Waals surface area contributed by atoms with Crippen LogP contribution in [0.4, 0.5) is 0 Å². The zero-order valence-electron chi connectivity index (χ0n) is 5.87. The highest BCUT2D eigenvalue weighted by Crippen LogP contribution is 2.14. The van der Waals surface area contributed by atoms with Crippen LogP contribution in [0.15, 0.2) is 0 Å². The van der Waals surface area contributed by atoms with Gasteiger partial charge in [0.05, 0.1) is 12.0 Å². The topological polar surface area (TPSA) is 44.1 Å². The van der Waals surface area contributed by atoms with E-state index in [1.807, 2.05) is 0 Å². The van der Waals surface area contributed by atoms with Crippen molar-refractivity contribution in [1.82, 2.24) is 4.90 Å². The molecule has 0 aromatic heterocycles. The first-order valence-electron chi connectivity index (χ1n) is 3.25. The summed E-state index contributed by atoms with van der Waals surface area (Å²) in [6, 6.07) is 2.10. The van der Waals surface area contributed by atoms with Crippen molar-refractivity contribution in [2.75, 3.05) is 13.1 Å². The normalized spacial score (nSPS) is 17.8. The molecule has 1 radical (unpaired) electrons. The van der Waals surface area contributed by atoms with Gasteiger partial charge in [0.1, 0.15) is 0 Å². The summed E-state index contributed by atoms with van der Waals surface area (Å²) >= 11 is 0. The van der Waals surface area contributed by atoms with Gasteiger partial charge in [0.2, 0.25) is 5.91 Å². The Morgan fingerprint density at radius 3 is 2.80 bits per heavy atom. The number of likely N-dealkylation sites (tertiary alicyclic amines) is 1. The maximum absolute atomic E-state index is 10.8. The van der Waals surface area contributed by atoms with E-state index in [2.05, 4.69) is 6.07 Å². The Hall–Kier alpha value is -1.04. The number of rotatable bonds is 1. The van der Waals surface area contributed by atoms with E-state index in [0.717, 1.165) is 0 Å². The summed E-state index contributed by atoms with van der Waals surface area (Å²) < 4.78 is 0. The molecule has 0 saturated carbocycles. The molecular weight excluding hydrogens is 128 g/mol. The maximum atomic E-state index is 10.8. The van der Waals surface area contributed by atoms with Crippen molar-refractivity contribution < 1.29 is 4.79 Å². The lowest BCUT2D eigenvalue weighted by atomic mass is 10.0. The first kappa shape index (κ1) is 7.07. The minimum atomic E-state index is 0.0338. The number of hydrogen-bond donors (Lipinski definition) is 0. The first-order valence-corrected chi connectivity index (χ1v) is 3.25. The van der Waals surface area contributed by atoms with E-state index in [4.69, 9.17) is 5.26 Å². The summed E-state index contributed by atoms with van der Waals surface area (Å²) in [6.45, 7) is 2.93. The third kappa shape index (κ3) is 1.10. The van der Waals surface area contributed by atoms with Gasteiger partial charge in [-0.2, -0.15) is 5.26 Å². The molecule has 1 rings (SSSR count). The van der Waals surface area contributed by atoms with Gasteiger partial charge in [-0.15, -0.1) is 0 Å². The highest BCUT2D eigenvalue weighted by molar-refractivity contribution is 5.84. The summed E-state index contributed by atoms with van der Waals surface area (Å²) in [5.41, 5.74) is 0. The van der Waals surface area contributed by atoms with Gasteiger partial charge >= 0.3 is 0 Å². The maximum Gasteiger partial charge on any atom is 0.226 e. The molecule has 1 fully saturated rings. The van der Waals surface area contributed by atoms with E-state index in [1.165, 1.54) is 6.42 Å². The van der Waals surface area contributed by atoms with Crippen molar-refractivity contribution in [3.8, 4) is 6.07 Å². The molecule has 3 nitrogen and oxygen atoms in total. The minimum absolute atomic E-state index is 0.0338. The number of carbonyl (C=O) groups is 1. The molecule has 1 heterocycles. The van der Waals surface area contributed by atoms with Gasteiger partial charge in [-0.25, -0.2) is 0 Å². The van der Waals surface area contributed by atoms with Crippen LogP contribution in [0.3, 0.4) is 0 Å². The molecule has 0 atom stereocenters. The van der Waals surface area contributed by atoms with E-state index in [-0.39, 0.29) is 11.8 Å². The van der Waals surface area contributed by atoms with E-state index in [1.54, 1.807) is 11.8 Å². The van der Waals surface area contributed by atoms with Gasteiger partial charge in [-0.3, -0.25) is 4.79 Å². The third-order valence-corrected chi connectivity index (χ3v) is 1.62. The highest BCUT2D eigenvalue weighted by atomic mass is 16.2. The van der Waals surface area contributed by atoms with E-state index >= 15 is 0 Å². The minimum Gasteiger partial charge on any atom is -0.340 e. The van der Waals surface area contributed by atoms with Crippen LogP contribution in [0.1, 0.15) is 6.92 Å². The smallest absolute Gasteiger partial charge is 0.226 e. The Bertz CT molecular complexity index is 177. The fourth-order valence-corrected chi connectivity index (χ4v) is 0.923. The van der Waals surface area contributed by atoms with Crippen molar-refractivity contribution in [2.45, 2.75) is 6.92 Å². The molecule has 1 amide bonds. The molecule has 0 unspecified atom stereocenters. The molecule has 0 aliphatic carbocycles. The molecule has 1 saturated heterocycles. The van der Waals surface area contributed by atoms with Crippen LogP contribution in [-0.2, 0) is 4.79 Å². The fourth-order valence-electron chi connectivity index (χ4n) is 0.923. The monoisotopic (exact) mass is 137 g/mol. The lowest BCUT2D eigenvalue weighted by Crippen LogP contribution is -2.49. The summed E-state index contributed by atoms with van der Waals surface area (Å²) in [5, 5.41) is 8.36. The average molecular weight is 137 g/mol. The Balaban J connectivity index is 2.27. The van der Waals surface area contributed by atoms with E-state index < -0.39 is 0 Å². The molecule has 0 aromatic rings. The quantitative estimate of drug-likeness (QED) is 0.518. The molecule has 0 bridgehead atoms. The molecule has 0 spiro atoms. The summed E-state index contributed by atoms with van der Waals surface area (Å²) in [4.78, 5) is 12.5. The number of nitriles is 1. The molecule has 1 aliphatic heterocycles. The van der Waals surface area contributed by atoms with Crippen molar-refractivity contribution in [3.05, 3.63) is 6.42 Å². The number of nitrogens with zero attached hydrogens (tertiary/aromatic N) is 2. The average Bonchev–Trinajstić information content (AvgIpc) is 1.85. The summed E-state index contributed by atoms with van der Waals surface area (Å²) in [5.74, 6) is 0.107. The number of hydrogen-bond acceptors (Lipinski definition) is 2. The Kier molecular flexibility index (Phi) is 1.91. The van der Waals surface area contributed by atoms with Crippen LogP contribution >= 0.6 is 0 Å². The van der Waals surface area contributed by atoms with Gasteiger partial charge in [-0.1, -0.05) is 6.92 Å². The molecule has 3 heteroatoms. The molecule has 1 aliphatic rings. The van der Waals surface area contributed by atoms with Crippen molar-refractivity contribution >= 4 is 5.91 Å². The van der Waals surface area contributed by atoms with Crippen LogP contribution in [0.5, 0.6) is 0 Å². The SMILES string of the molecule is C[CH]C(=O)N1CC(C#N)C1. The largest absolute Gasteiger partial charge is 0.340 e. The zero-order chi connectivity index (χ0) is 7.56. The van der Waals surface area contributed by atoms with Gasteiger partial charge in [0, 0.05) is 19.5 Å². The fraction of sp³-hybridized carbons (Fsp3) is 0.571. The second kappa shape index (κ2) is 2.70. The summed E-state index contributed by atoms with van der Waals surface area (Å²) in [6.07, 6.45) is 1.52. The predicted octanol–water partition coefficient (Wildman–Crippen LogP) is 0.193. The van der Waals surface area contributed by atoms with Crippen molar-refractivity contribution in [3.63, 3.8) is 0 Å². The van der Waals surface area contributed by atoms with Crippen LogP contribution in [0.25, 0.3) is 0 Å². The van der Waals surface area contributed by atoms with Gasteiger partial charge in [0.15, 0.2) is 0 Å². The van der Waals surface area contributed by atoms with Crippen molar-refractivity contribution in [2.24, 2.45) is 5.92 Å². The lowest BCUT2D eigenvalue weighted by molar-refractivity contribution is -0.132. The third-order valence-electron chi connectivity index (χ3n) is 1.62. The van der Waals surface area contributed by atoms with Crippen LogP contribution in [0.2, 0.25) is 0 Å². The van der Waals surface area contributed by atoms with E-state index in [0.29, 0.717) is 13.1 Å². The van der Waals surface area contributed by atoms with E-state index in [9.17, 15) is 4.79 Å². The molecule has 0 N–H and O–H groups in total. The number of amides is 1.